The largest absolute Gasteiger partial charge is 0.378 e. The van der Waals surface area contributed by atoms with Crippen LogP contribution in [0.2, 0.25) is 0 Å². The maximum absolute atomic E-state index is 13.6. The first kappa shape index (κ1) is 22.2. The Hall–Kier alpha value is -2.64. The van der Waals surface area contributed by atoms with Crippen molar-refractivity contribution in [3.05, 3.63) is 47.0 Å². The molecule has 0 saturated carbocycles. The number of halogens is 3. The number of fused-ring (bicyclic) bond motifs is 2. The summed E-state index contributed by atoms with van der Waals surface area (Å²) in [5.41, 5.74) is 0.970. The fourth-order valence-electron chi connectivity index (χ4n) is 4.64. The van der Waals surface area contributed by atoms with Crippen molar-refractivity contribution in [2.75, 3.05) is 30.6 Å². The third kappa shape index (κ3) is 3.67. The van der Waals surface area contributed by atoms with Gasteiger partial charge in [-0.1, -0.05) is 0 Å². The number of aromatic nitrogens is 2. The van der Waals surface area contributed by atoms with Crippen LogP contribution in [-0.2, 0) is 39.3 Å². The lowest BCUT2D eigenvalue weighted by Gasteiger charge is -2.35. The van der Waals surface area contributed by atoms with E-state index in [9.17, 15) is 26.4 Å². The fourth-order valence-corrected chi connectivity index (χ4v) is 6.46. The first-order valence-electron chi connectivity index (χ1n) is 10.5. The number of amides is 1. The molecule has 0 N–H and O–H groups in total. The van der Waals surface area contributed by atoms with Crippen molar-refractivity contribution in [2.24, 2.45) is 0 Å². The van der Waals surface area contributed by atoms with Gasteiger partial charge in [-0.05, 0) is 24.6 Å². The van der Waals surface area contributed by atoms with E-state index in [1.165, 1.54) is 19.7 Å². The molecule has 9 nitrogen and oxygen atoms in total. The van der Waals surface area contributed by atoms with Crippen LogP contribution in [0.3, 0.4) is 0 Å². The van der Waals surface area contributed by atoms with Gasteiger partial charge in [-0.15, -0.1) is 0 Å². The van der Waals surface area contributed by atoms with Gasteiger partial charge in [-0.3, -0.25) is 13.8 Å². The minimum absolute atomic E-state index is 0.0156. The van der Waals surface area contributed by atoms with E-state index in [1.807, 2.05) is 0 Å². The number of carbonyl (C=O) groups excluding carboxylic acids is 1. The molecule has 2 saturated heterocycles. The highest BCUT2D eigenvalue weighted by atomic mass is 32.2. The van der Waals surface area contributed by atoms with Crippen LogP contribution < -0.4 is 4.31 Å². The van der Waals surface area contributed by atoms with Crippen LogP contribution in [0.25, 0.3) is 0 Å². The van der Waals surface area contributed by atoms with Crippen LogP contribution in [0.15, 0.2) is 18.3 Å². The van der Waals surface area contributed by atoms with E-state index < -0.39 is 33.6 Å². The summed E-state index contributed by atoms with van der Waals surface area (Å²) < 4.78 is 76.4. The Morgan fingerprint density at radius 2 is 1.94 bits per heavy atom. The molecule has 4 heterocycles. The minimum Gasteiger partial charge on any atom is -0.378 e. The van der Waals surface area contributed by atoms with Crippen LogP contribution in [0, 0.1) is 17.5 Å². The number of benzene rings is 1. The zero-order valence-corrected chi connectivity index (χ0v) is 18.6. The van der Waals surface area contributed by atoms with Gasteiger partial charge in [0.15, 0.2) is 17.5 Å². The predicted molar refractivity (Wildman–Crippen MR) is 110 cm³/mol. The van der Waals surface area contributed by atoms with Crippen molar-refractivity contribution in [2.45, 2.75) is 38.5 Å². The van der Waals surface area contributed by atoms with E-state index >= 15 is 0 Å². The fraction of sp³-hybridized carbons (Fsp3) is 0.500. The summed E-state index contributed by atoms with van der Waals surface area (Å²) in [4.78, 5) is 14.5. The molecule has 2 atom stereocenters. The summed E-state index contributed by atoms with van der Waals surface area (Å²) in [7, 11) is -3.75. The molecule has 0 aliphatic carbocycles. The molecule has 33 heavy (non-hydrogen) atoms. The molecule has 3 aliphatic rings. The number of morpholine rings is 1. The number of ether oxygens (including phenoxy) is 1. The number of anilines is 1. The summed E-state index contributed by atoms with van der Waals surface area (Å²) in [6.07, 6.45) is 1.16. The second kappa shape index (κ2) is 7.99. The van der Waals surface area contributed by atoms with Crippen LogP contribution >= 0.6 is 0 Å². The Bertz CT molecular complexity index is 1200. The highest BCUT2D eigenvalue weighted by molar-refractivity contribution is 7.90. The second-order valence-electron chi connectivity index (χ2n) is 8.46. The van der Waals surface area contributed by atoms with E-state index in [4.69, 9.17) is 4.74 Å². The summed E-state index contributed by atoms with van der Waals surface area (Å²) in [6.45, 7) is 3.36. The van der Waals surface area contributed by atoms with Crippen LogP contribution in [0.1, 0.15) is 18.2 Å². The van der Waals surface area contributed by atoms with Gasteiger partial charge in [0.05, 0.1) is 62.9 Å². The first-order chi connectivity index (χ1) is 15.7. The van der Waals surface area contributed by atoms with Gasteiger partial charge in [0, 0.05) is 12.6 Å². The zero-order valence-electron chi connectivity index (χ0n) is 17.7. The second-order valence-corrected chi connectivity index (χ2v) is 10.3. The molecule has 1 aromatic carbocycles. The predicted octanol–water partition coefficient (Wildman–Crippen LogP) is 1.04. The van der Waals surface area contributed by atoms with Gasteiger partial charge < -0.3 is 9.64 Å². The number of rotatable bonds is 3. The number of hydrogen-bond donors (Lipinski definition) is 0. The monoisotopic (exact) mass is 485 g/mol. The quantitative estimate of drug-likeness (QED) is 0.607. The summed E-state index contributed by atoms with van der Waals surface area (Å²) in [5, 5.41) is 4.33. The molecule has 1 unspecified atom stereocenters. The zero-order chi connectivity index (χ0) is 23.5. The molecule has 0 bridgehead atoms. The standard InChI is InChI=1S/C20H22F3N5O4S/c1-12-8-26-18(10-25(12)19(29)6-13-4-15(21)20(23)16(22)5-13)17(7-24-26)28-9-14-11-32-3-2-27(14)33(28,30)31/h4-5,7,12,14H,2-3,6,8-11H2,1H3/t12-,14?/m0/s1. The van der Waals surface area contributed by atoms with Crippen LogP contribution in [0.5, 0.6) is 0 Å². The Balaban J connectivity index is 1.40. The SMILES string of the molecule is C[C@H]1Cn2ncc(N3CC4COCCN4S3(=O)=O)c2CN1C(=O)Cc1cc(F)c(F)c(F)c1. The van der Waals surface area contributed by atoms with Crippen molar-refractivity contribution < 1.29 is 31.1 Å². The minimum atomic E-state index is -3.75. The van der Waals surface area contributed by atoms with Crippen LogP contribution in [-0.4, -0.2) is 71.7 Å². The Kier molecular flexibility index (Phi) is 5.37. The van der Waals surface area contributed by atoms with Gasteiger partial charge in [-0.2, -0.15) is 17.8 Å². The first-order valence-corrected chi connectivity index (χ1v) is 11.9. The molecule has 178 valence electrons. The molecule has 5 rings (SSSR count). The normalized spacial score (nSPS) is 24.6. The van der Waals surface area contributed by atoms with Gasteiger partial charge in [0.1, 0.15) is 0 Å². The van der Waals surface area contributed by atoms with Crippen molar-refractivity contribution in [1.29, 1.82) is 0 Å². The average Bonchev–Trinajstić information content (AvgIpc) is 3.28. The highest BCUT2D eigenvalue weighted by Crippen LogP contribution is 2.35. The van der Waals surface area contributed by atoms with E-state index in [0.29, 0.717) is 31.1 Å². The topological polar surface area (TPSA) is 88.0 Å². The maximum atomic E-state index is 13.6. The Morgan fingerprint density at radius 1 is 1.21 bits per heavy atom. The third-order valence-corrected chi connectivity index (χ3v) is 8.31. The average molecular weight is 485 g/mol. The van der Waals surface area contributed by atoms with E-state index in [1.54, 1.807) is 11.6 Å². The highest BCUT2D eigenvalue weighted by Gasteiger charge is 2.47. The number of hydrogen-bond acceptors (Lipinski definition) is 5. The summed E-state index contributed by atoms with van der Waals surface area (Å²) in [5.74, 6) is -4.71. The molecule has 0 spiro atoms. The lowest BCUT2D eigenvalue weighted by Crippen LogP contribution is -2.46. The molecule has 3 aliphatic heterocycles. The molecule has 1 aromatic heterocycles. The van der Waals surface area contributed by atoms with Gasteiger partial charge in [-0.25, -0.2) is 13.2 Å². The van der Waals surface area contributed by atoms with E-state index in [-0.39, 0.29) is 43.7 Å². The van der Waals surface area contributed by atoms with Gasteiger partial charge >= 0.3 is 10.2 Å². The van der Waals surface area contributed by atoms with E-state index in [2.05, 4.69) is 5.10 Å². The van der Waals surface area contributed by atoms with Crippen molar-refractivity contribution in [3.63, 3.8) is 0 Å². The molecule has 1 amide bonds. The molecule has 2 fully saturated rings. The van der Waals surface area contributed by atoms with Crippen molar-refractivity contribution in [3.8, 4) is 0 Å². The smallest absolute Gasteiger partial charge is 0.304 e. The lowest BCUT2D eigenvalue weighted by atomic mass is 10.1. The van der Waals surface area contributed by atoms with E-state index in [0.717, 1.165) is 12.1 Å². The molecular formula is C20H22F3N5O4S. The Labute approximate surface area is 188 Å². The van der Waals surface area contributed by atoms with Crippen molar-refractivity contribution in [1.82, 2.24) is 19.0 Å². The molecule has 2 aromatic rings. The summed E-state index contributed by atoms with van der Waals surface area (Å²) >= 11 is 0. The Morgan fingerprint density at radius 3 is 2.64 bits per heavy atom. The summed E-state index contributed by atoms with van der Waals surface area (Å²) in [6, 6.07) is 1.02. The maximum Gasteiger partial charge on any atom is 0.304 e. The van der Waals surface area contributed by atoms with Gasteiger partial charge in [0.25, 0.3) is 0 Å². The molecule has 13 heteroatoms. The lowest BCUT2D eigenvalue weighted by molar-refractivity contribution is -0.134. The number of nitrogens with zero attached hydrogens (tertiary/aromatic N) is 5. The molecular weight excluding hydrogens is 463 g/mol. The van der Waals surface area contributed by atoms with Crippen LogP contribution in [0.4, 0.5) is 18.9 Å². The number of carbonyl (C=O) groups is 1. The van der Waals surface area contributed by atoms with Gasteiger partial charge in [0.2, 0.25) is 5.91 Å². The van der Waals surface area contributed by atoms with Crippen molar-refractivity contribution >= 4 is 21.8 Å². The third-order valence-electron chi connectivity index (χ3n) is 6.33. The molecule has 0 radical (unpaired) electrons.